The zero-order chi connectivity index (χ0) is 16.8. The highest BCUT2D eigenvalue weighted by atomic mass is 16.6. The van der Waals surface area contributed by atoms with Crippen molar-refractivity contribution in [2.75, 3.05) is 7.05 Å². The Hall–Kier alpha value is -2.48. The molecule has 0 radical (unpaired) electrons. The fourth-order valence-electron chi connectivity index (χ4n) is 3.99. The summed E-state index contributed by atoms with van der Waals surface area (Å²) in [6, 6.07) is 5.35. The Kier molecular flexibility index (Phi) is 3.49. The Morgan fingerprint density at radius 1 is 1.38 bits per heavy atom. The van der Waals surface area contributed by atoms with E-state index in [0.717, 1.165) is 12.8 Å². The van der Waals surface area contributed by atoms with Gasteiger partial charge in [-0.05, 0) is 38.8 Å². The number of carbonyl (C=O) groups is 1. The van der Waals surface area contributed by atoms with E-state index >= 15 is 0 Å². The lowest BCUT2D eigenvalue weighted by atomic mass is 9.98. The maximum atomic E-state index is 12.5. The van der Waals surface area contributed by atoms with Gasteiger partial charge in [-0.2, -0.15) is 0 Å². The first-order chi connectivity index (χ1) is 11.5. The van der Waals surface area contributed by atoms with E-state index in [1.54, 1.807) is 0 Å². The van der Waals surface area contributed by atoms with Crippen LogP contribution in [-0.2, 0) is 0 Å². The minimum Gasteiger partial charge on any atom is -0.355 e. The first kappa shape index (κ1) is 15.1. The number of aromatic nitrogens is 1. The molecule has 1 amide bonds. The predicted molar refractivity (Wildman–Crippen MR) is 85.7 cm³/mol. The second kappa shape index (κ2) is 5.55. The molecule has 0 aliphatic carbocycles. The van der Waals surface area contributed by atoms with Crippen LogP contribution in [-0.4, -0.2) is 46.1 Å². The van der Waals surface area contributed by atoms with Crippen LogP contribution in [0.15, 0.2) is 22.7 Å². The summed E-state index contributed by atoms with van der Waals surface area (Å²) >= 11 is 0. The van der Waals surface area contributed by atoms with Crippen LogP contribution in [0.3, 0.4) is 0 Å². The molecular weight excluding hydrogens is 312 g/mol. The number of rotatable bonds is 3. The van der Waals surface area contributed by atoms with Crippen molar-refractivity contribution in [2.45, 2.75) is 43.8 Å². The average Bonchev–Trinajstić information content (AvgIpc) is 3.05. The van der Waals surface area contributed by atoms with E-state index in [1.807, 2.05) is 0 Å². The van der Waals surface area contributed by atoms with Gasteiger partial charge >= 0.3 is 0 Å². The standard InChI is InChI=1S/C16H18N4O4/c1-19-10-2-3-11(19)7-9(6-10)17-16(21)15-13-5-4-12(20(22)23)8-14(13)24-18-15/h4-5,8-11H,2-3,6-7H2,1H3,(H,17,21)/t9?,10-,11+. The molecule has 1 aromatic carbocycles. The molecule has 1 unspecified atom stereocenters. The highest BCUT2D eigenvalue weighted by Gasteiger charge is 2.39. The Bertz CT molecular complexity index is 804. The van der Waals surface area contributed by atoms with Gasteiger partial charge in [-0.15, -0.1) is 0 Å². The molecule has 8 heteroatoms. The third kappa shape index (κ3) is 2.43. The molecule has 24 heavy (non-hydrogen) atoms. The molecule has 2 saturated heterocycles. The molecule has 0 saturated carbocycles. The summed E-state index contributed by atoms with van der Waals surface area (Å²) in [6.07, 6.45) is 4.26. The van der Waals surface area contributed by atoms with Crippen molar-refractivity contribution in [3.63, 3.8) is 0 Å². The molecule has 0 spiro atoms. The molecule has 8 nitrogen and oxygen atoms in total. The normalized spacial score (nSPS) is 26.6. The highest BCUT2D eigenvalue weighted by molar-refractivity contribution is 6.04. The lowest BCUT2D eigenvalue weighted by Crippen LogP contribution is -2.48. The minimum absolute atomic E-state index is 0.0856. The maximum Gasteiger partial charge on any atom is 0.274 e. The van der Waals surface area contributed by atoms with Gasteiger partial charge in [-0.25, -0.2) is 0 Å². The quantitative estimate of drug-likeness (QED) is 0.683. The summed E-state index contributed by atoms with van der Waals surface area (Å²) in [4.78, 5) is 25.2. The summed E-state index contributed by atoms with van der Waals surface area (Å²) in [6.45, 7) is 0. The molecule has 3 atom stereocenters. The Morgan fingerprint density at radius 2 is 2.08 bits per heavy atom. The van der Waals surface area contributed by atoms with Crippen molar-refractivity contribution in [2.24, 2.45) is 0 Å². The number of nitro groups is 1. The van der Waals surface area contributed by atoms with Gasteiger partial charge in [0.1, 0.15) is 0 Å². The Morgan fingerprint density at radius 3 is 2.75 bits per heavy atom. The number of hydrogen-bond donors (Lipinski definition) is 1. The van der Waals surface area contributed by atoms with Gasteiger partial charge in [0, 0.05) is 24.2 Å². The molecule has 3 heterocycles. The van der Waals surface area contributed by atoms with Crippen LogP contribution >= 0.6 is 0 Å². The smallest absolute Gasteiger partial charge is 0.274 e. The third-order valence-electron chi connectivity index (χ3n) is 5.31. The van der Waals surface area contributed by atoms with Crippen LogP contribution in [0.4, 0.5) is 5.69 Å². The third-order valence-corrected chi connectivity index (χ3v) is 5.31. The van der Waals surface area contributed by atoms with Crippen LogP contribution in [0.5, 0.6) is 0 Å². The van der Waals surface area contributed by atoms with Crippen molar-refractivity contribution in [1.29, 1.82) is 0 Å². The fourth-order valence-corrected chi connectivity index (χ4v) is 3.99. The zero-order valence-electron chi connectivity index (χ0n) is 13.3. The summed E-state index contributed by atoms with van der Waals surface area (Å²) in [5.41, 5.74) is 0.349. The first-order valence-electron chi connectivity index (χ1n) is 8.09. The molecular formula is C16H18N4O4. The largest absolute Gasteiger partial charge is 0.355 e. The van der Waals surface area contributed by atoms with E-state index in [9.17, 15) is 14.9 Å². The predicted octanol–water partition coefficient (Wildman–Crippen LogP) is 2.09. The Balaban J connectivity index is 1.53. The summed E-state index contributed by atoms with van der Waals surface area (Å²) in [5, 5.41) is 18.2. The molecule has 1 N–H and O–H groups in total. The summed E-state index contributed by atoms with van der Waals surface area (Å²) in [5.74, 6) is -0.281. The van der Waals surface area contributed by atoms with Crippen molar-refractivity contribution < 1.29 is 14.2 Å². The summed E-state index contributed by atoms with van der Waals surface area (Å²) in [7, 11) is 2.15. The first-order valence-corrected chi connectivity index (χ1v) is 8.09. The van der Waals surface area contributed by atoms with Gasteiger partial charge in [-0.3, -0.25) is 14.9 Å². The fraction of sp³-hybridized carbons (Fsp3) is 0.500. The molecule has 4 rings (SSSR count). The molecule has 2 aliphatic rings. The monoisotopic (exact) mass is 330 g/mol. The number of amides is 1. The number of hydrogen-bond acceptors (Lipinski definition) is 6. The van der Waals surface area contributed by atoms with E-state index in [2.05, 4.69) is 22.4 Å². The number of benzene rings is 1. The zero-order valence-corrected chi connectivity index (χ0v) is 13.3. The molecule has 126 valence electrons. The van der Waals surface area contributed by atoms with Gasteiger partial charge in [-0.1, -0.05) is 5.16 Å². The number of fused-ring (bicyclic) bond motifs is 3. The van der Waals surface area contributed by atoms with Crippen LogP contribution in [0.1, 0.15) is 36.2 Å². The van der Waals surface area contributed by atoms with Crippen molar-refractivity contribution in [1.82, 2.24) is 15.4 Å². The van der Waals surface area contributed by atoms with E-state index < -0.39 is 4.92 Å². The van der Waals surface area contributed by atoms with Gasteiger partial charge in [0.15, 0.2) is 11.3 Å². The second-order valence-corrected chi connectivity index (χ2v) is 6.66. The Labute approximate surface area is 137 Å². The van der Waals surface area contributed by atoms with Crippen molar-refractivity contribution in [3.05, 3.63) is 34.0 Å². The van der Waals surface area contributed by atoms with Crippen molar-refractivity contribution in [3.8, 4) is 0 Å². The van der Waals surface area contributed by atoms with Gasteiger partial charge < -0.3 is 14.7 Å². The number of nitrogens with one attached hydrogen (secondary N) is 1. The molecule has 2 aliphatic heterocycles. The van der Waals surface area contributed by atoms with E-state index in [1.165, 1.54) is 31.0 Å². The van der Waals surface area contributed by atoms with Crippen molar-refractivity contribution >= 4 is 22.6 Å². The molecule has 1 aromatic heterocycles. The van der Waals surface area contributed by atoms with Crippen LogP contribution in [0.25, 0.3) is 11.0 Å². The van der Waals surface area contributed by atoms with Crippen LogP contribution in [0, 0.1) is 10.1 Å². The number of carbonyl (C=O) groups excluding carboxylic acids is 1. The second-order valence-electron chi connectivity index (χ2n) is 6.66. The number of piperidine rings is 1. The molecule has 2 aromatic rings. The topological polar surface area (TPSA) is 102 Å². The average molecular weight is 330 g/mol. The SMILES string of the molecule is CN1[C@@H]2CC[C@H]1CC(NC(=O)c1noc3cc([N+](=O)[O-])ccc13)C2. The van der Waals surface area contributed by atoms with E-state index in [-0.39, 0.29) is 28.9 Å². The number of non-ortho nitro benzene ring substituents is 1. The lowest BCUT2D eigenvalue weighted by molar-refractivity contribution is -0.384. The van der Waals surface area contributed by atoms with Crippen LogP contribution in [0.2, 0.25) is 0 Å². The maximum absolute atomic E-state index is 12.5. The van der Waals surface area contributed by atoms with E-state index in [0.29, 0.717) is 17.5 Å². The van der Waals surface area contributed by atoms with Gasteiger partial charge in [0.05, 0.1) is 16.4 Å². The minimum atomic E-state index is -0.504. The van der Waals surface area contributed by atoms with Gasteiger partial charge in [0.25, 0.3) is 11.6 Å². The van der Waals surface area contributed by atoms with E-state index in [4.69, 9.17) is 4.52 Å². The number of nitro benzene ring substituents is 1. The summed E-state index contributed by atoms with van der Waals surface area (Å²) < 4.78 is 5.10. The number of nitrogens with zero attached hydrogens (tertiary/aromatic N) is 3. The van der Waals surface area contributed by atoms with Gasteiger partial charge in [0.2, 0.25) is 0 Å². The lowest BCUT2D eigenvalue weighted by Gasteiger charge is -2.36. The molecule has 2 fully saturated rings. The highest BCUT2D eigenvalue weighted by Crippen LogP contribution is 2.34. The molecule has 2 bridgehead atoms. The van der Waals surface area contributed by atoms with Crippen LogP contribution < -0.4 is 5.32 Å².